The van der Waals surface area contributed by atoms with Gasteiger partial charge in [0.05, 0.1) is 11.4 Å². The Kier molecular flexibility index (Phi) is 3.83. The highest BCUT2D eigenvalue weighted by Gasteiger charge is 2.51. The highest BCUT2D eigenvalue weighted by Crippen LogP contribution is 2.35. The van der Waals surface area contributed by atoms with Crippen molar-refractivity contribution in [3.8, 4) is 11.3 Å². The molecule has 1 aromatic heterocycles. The van der Waals surface area contributed by atoms with Crippen molar-refractivity contribution in [2.24, 2.45) is 0 Å². The Morgan fingerprint density at radius 1 is 1.29 bits per heavy atom. The van der Waals surface area contributed by atoms with Crippen LogP contribution < -0.4 is 5.32 Å². The number of nitrogens with one attached hydrogen (secondary N) is 2. The van der Waals surface area contributed by atoms with Gasteiger partial charge in [-0.3, -0.25) is 15.2 Å². The molecule has 0 saturated carbocycles. The molecule has 4 rings (SSSR count). The SMILES string of the molecule is CN1C(=O)C2(CCOCC2)NC1c1cc(-c2ccc(Cl)cc2)n[nH]1. The van der Waals surface area contributed by atoms with Crippen LogP contribution in [0, 0.1) is 0 Å². The molecule has 1 aromatic carbocycles. The van der Waals surface area contributed by atoms with E-state index in [1.54, 1.807) is 4.90 Å². The van der Waals surface area contributed by atoms with Crippen molar-refractivity contribution in [3.63, 3.8) is 0 Å². The van der Waals surface area contributed by atoms with Crippen LogP contribution in [0.4, 0.5) is 0 Å². The van der Waals surface area contributed by atoms with E-state index >= 15 is 0 Å². The molecule has 2 saturated heterocycles. The second-order valence-corrected chi connectivity index (χ2v) is 6.81. The number of carbonyl (C=O) groups is 1. The third-order valence-corrected chi connectivity index (χ3v) is 5.16. The van der Waals surface area contributed by atoms with Gasteiger partial charge in [-0.05, 0) is 31.0 Å². The minimum absolute atomic E-state index is 0.124. The van der Waals surface area contributed by atoms with Gasteiger partial charge in [-0.2, -0.15) is 5.10 Å². The maximum absolute atomic E-state index is 12.7. The molecule has 3 heterocycles. The molecular weight excluding hydrogens is 328 g/mol. The molecule has 2 N–H and O–H groups in total. The van der Waals surface area contributed by atoms with Crippen molar-refractivity contribution in [1.82, 2.24) is 20.4 Å². The van der Waals surface area contributed by atoms with Crippen LogP contribution in [0.2, 0.25) is 5.02 Å². The lowest BCUT2D eigenvalue weighted by Gasteiger charge is -2.31. The van der Waals surface area contributed by atoms with Crippen molar-refractivity contribution < 1.29 is 9.53 Å². The van der Waals surface area contributed by atoms with Gasteiger partial charge in [-0.1, -0.05) is 23.7 Å². The number of benzene rings is 1. The summed E-state index contributed by atoms with van der Waals surface area (Å²) in [5.41, 5.74) is 2.18. The highest BCUT2D eigenvalue weighted by atomic mass is 35.5. The Bertz CT molecular complexity index is 752. The minimum atomic E-state index is -0.511. The number of nitrogens with zero attached hydrogens (tertiary/aromatic N) is 2. The van der Waals surface area contributed by atoms with Crippen LogP contribution in [-0.4, -0.2) is 46.8 Å². The Morgan fingerprint density at radius 3 is 2.71 bits per heavy atom. The first-order valence-corrected chi connectivity index (χ1v) is 8.41. The molecule has 1 spiro atoms. The lowest BCUT2D eigenvalue weighted by molar-refractivity contribution is -0.135. The molecule has 2 aliphatic heterocycles. The van der Waals surface area contributed by atoms with E-state index in [1.807, 2.05) is 37.4 Å². The van der Waals surface area contributed by atoms with Gasteiger partial charge in [0.1, 0.15) is 11.7 Å². The molecule has 2 aromatic rings. The normalized spacial score (nSPS) is 23.2. The predicted molar refractivity (Wildman–Crippen MR) is 90.5 cm³/mol. The lowest BCUT2D eigenvalue weighted by Crippen LogP contribution is -2.50. The van der Waals surface area contributed by atoms with Crippen LogP contribution in [0.3, 0.4) is 0 Å². The number of hydrogen-bond donors (Lipinski definition) is 2. The molecule has 0 bridgehead atoms. The summed E-state index contributed by atoms with van der Waals surface area (Å²) in [4.78, 5) is 14.5. The van der Waals surface area contributed by atoms with Crippen LogP contribution in [-0.2, 0) is 9.53 Å². The standard InChI is InChI=1S/C17H19ClN4O2/c1-22-15(19-17(16(22)23)6-8-24-9-7-17)14-10-13(20-21-14)11-2-4-12(18)5-3-11/h2-5,10,15,19H,6-9H2,1H3,(H,20,21). The second kappa shape index (κ2) is 5.88. The van der Waals surface area contributed by atoms with Crippen LogP contribution >= 0.6 is 11.6 Å². The molecule has 7 heteroatoms. The van der Waals surface area contributed by atoms with Crippen molar-refractivity contribution in [1.29, 1.82) is 0 Å². The van der Waals surface area contributed by atoms with E-state index in [0.717, 1.165) is 17.0 Å². The Morgan fingerprint density at radius 2 is 2.00 bits per heavy atom. The fourth-order valence-corrected chi connectivity index (χ4v) is 3.61. The number of amides is 1. The molecule has 2 fully saturated rings. The topological polar surface area (TPSA) is 70.2 Å². The first-order valence-electron chi connectivity index (χ1n) is 8.03. The van der Waals surface area contributed by atoms with Gasteiger partial charge in [0, 0.05) is 30.8 Å². The molecule has 6 nitrogen and oxygen atoms in total. The summed E-state index contributed by atoms with van der Waals surface area (Å²) in [7, 11) is 1.83. The number of halogens is 1. The summed E-state index contributed by atoms with van der Waals surface area (Å²) in [6.07, 6.45) is 1.19. The number of ether oxygens (including phenoxy) is 1. The lowest BCUT2D eigenvalue weighted by atomic mass is 9.90. The minimum Gasteiger partial charge on any atom is -0.381 e. The van der Waals surface area contributed by atoms with E-state index in [0.29, 0.717) is 31.1 Å². The summed E-state index contributed by atoms with van der Waals surface area (Å²) in [5, 5.41) is 11.6. The largest absolute Gasteiger partial charge is 0.381 e. The molecule has 1 amide bonds. The maximum atomic E-state index is 12.7. The molecule has 0 radical (unpaired) electrons. The van der Waals surface area contributed by atoms with E-state index in [1.165, 1.54) is 0 Å². The van der Waals surface area contributed by atoms with E-state index < -0.39 is 5.54 Å². The smallest absolute Gasteiger partial charge is 0.244 e. The molecule has 1 unspecified atom stereocenters. The van der Waals surface area contributed by atoms with E-state index in [4.69, 9.17) is 16.3 Å². The van der Waals surface area contributed by atoms with E-state index in [2.05, 4.69) is 15.5 Å². The van der Waals surface area contributed by atoms with Crippen LogP contribution in [0.1, 0.15) is 24.7 Å². The van der Waals surface area contributed by atoms with E-state index in [-0.39, 0.29) is 12.1 Å². The zero-order chi connectivity index (χ0) is 16.7. The zero-order valence-corrected chi connectivity index (χ0v) is 14.1. The number of H-pyrrole nitrogens is 1. The first-order chi connectivity index (χ1) is 11.6. The number of hydrogen-bond acceptors (Lipinski definition) is 4. The zero-order valence-electron chi connectivity index (χ0n) is 13.4. The molecule has 24 heavy (non-hydrogen) atoms. The number of likely N-dealkylation sites (N-methyl/N-ethyl adjacent to an activating group) is 1. The first kappa shape index (κ1) is 15.6. The van der Waals surface area contributed by atoms with Crippen LogP contribution in [0.25, 0.3) is 11.3 Å². The summed E-state index contributed by atoms with van der Waals surface area (Å²) in [5.74, 6) is 0.124. The number of aromatic amines is 1. The number of aromatic nitrogens is 2. The third kappa shape index (κ3) is 2.51. The second-order valence-electron chi connectivity index (χ2n) is 6.37. The van der Waals surface area contributed by atoms with Gasteiger partial charge in [0.2, 0.25) is 5.91 Å². The Labute approximate surface area is 145 Å². The van der Waals surface area contributed by atoms with Gasteiger partial charge in [-0.25, -0.2) is 0 Å². The van der Waals surface area contributed by atoms with Crippen LogP contribution in [0.5, 0.6) is 0 Å². The fraction of sp³-hybridized carbons (Fsp3) is 0.412. The third-order valence-electron chi connectivity index (χ3n) is 4.91. The number of rotatable bonds is 2. The van der Waals surface area contributed by atoms with Crippen molar-refractivity contribution in [3.05, 3.63) is 41.0 Å². The molecule has 0 aliphatic carbocycles. The van der Waals surface area contributed by atoms with Gasteiger partial charge in [0.25, 0.3) is 0 Å². The molecular formula is C17H19ClN4O2. The van der Waals surface area contributed by atoms with Crippen molar-refractivity contribution in [2.75, 3.05) is 20.3 Å². The summed E-state index contributed by atoms with van der Waals surface area (Å²) < 4.78 is 5.41. The average Bonchev–Trinajstić information content (AvgIpc) is 3.17. The predicted octanol–water partition coefficient (Wildman–Crippen LogP) is 2.34. The van der Waals surface area contributed by atoms with Gasteiger partial charge in [0.15, 0.2) is 0 Å². The summed E-state index contributed by atoms with van der Waals surface area (Å²) in [6, 6.07) is 9.51. The number of carbonyl (C=O) groups excluding carboxylic acids is 1. The van der Waals surface area contributed by atoms with Crippen molar-refractivity contribution >= 4 is 17.5 Å². The van der Waals surface area contributed by atoms with Gasteiger partial charge in [-0.15, -0.1) is 0 Å². The summed E-state index contributed by atoms with van der Waals surface area (Å²) in [6.45, 7) is 1.22. The Balaban J connectivity index is 1.60. The average molecular weight is 347 g/mol. The van der Waals surface area contributed by atoms with Gasteiger partial charge < -0.3 is 9.64 Å². The molecule has 1 atom stereocenters. The molecule has 2 aliphatic rings. The maximum Gasteiger partial charge on any atom is 0.244 e. The van der Waals surface area contributed by atoms with Crippen molar-refractivity contribution in [2.45, 2.75) is 24.5 Å². The van der Waals surface area contributed by atoms with E-state index in [9.17, 15) is 4.79 Å². The summed E-state index contributed by atoms with van der Waals surface area (Å²) >= 11 is 5.93. The highest BCUT2D eigenvalue weighted by molar-refractivity contribution is 6.30. The van der Waals surface area contributed by atoms with Crippen LogP contribution in [0.15, 0.2) is 30.3 Å². The molecule has 126 valence electrons. The monoisotopic (exact) mass is 346 g/mol. The Hall–Kier alpha value is -1.89. The van der Waals surface area contributed by atoms with Gasteiger partial charge >= 0.3 is 0 Å². The quantitative estimate of drug-likeness (QED) is 0.875. The fourth-order valence-electron chi connectivity index (χ4n) is 3.48.